The van der Waals surface area contributed by atoms with Crippen LogP contribution < -0.4 is 9.64 Å². The van der Waals surface area contributed by atoms with Crippen molar-refractivity contribution in [2.24, 2.45) is 0 Å². The van der Waals surface area contributed by atoms with Crippen molar-refractivity contribution in [3.8, 4) is 5.88 Å². The number of pyridine rings is 1. The van der Waals surface area contributed by atoms with Crippen molar-refractivity contribution in [1.82, 2.24) is 9.88 Å². The Kier molecular flexibility index (Phi) is 7.92. The number of carbonyl (C=O) groups excluding carboxylic acids is 2. The number of aromatic nitrogens is 1. The molecule has 9 heteroatoms. The summed E-state index contributed by atoms with van der Waals surface area (Å²) in [5, 5.41) is 0. The van der Waals surface area contributed by atoms with Crippen molar-refractivity contribution in [3.63, 3.8) is 0 Å². The molecule has 1 aliphatic heterocycles. The van der Waals surface area contributed by atoms with E-state index in [2.05, 4.69) is 20.9 Å². The van der Waals surface area contributed by atoms with Crippen molar-refractivity contribution in [1.29, 1.82) is 0 Å². The molecule has 2 aliphatic rings. The van der Waals surface area contributed by atoms with Gasteiger partial charge in [-0.2, -0.15) is 0 Å². The van der Waals surface area contributed by atoms with Crippen LogP contribution in [0.1, 0.15) is 53.1 Å². The van der Waals surface area contributed by atoms with Gasteiger partial charge in [-0.1, -0.05) is 0 Å². The molecule has 2 fully saturated rings. The van der Waals surface area contributed by atoms with E-state index in [-0.39, 0.29) is 5.97 Å². The van der Waals surface area contributed by atoms with E-state index in [0.29, 0.717) is 30.4 Å². The summed E-state index contributed by atoms with van der Waals surface area (Å²) in [6.07, 6.45) is 5.87. The number of carbonyl (C=O) groups is 2. The second kappa shape index (κ2) is 10.9. The van der Waals surface area contributed by atoms with Gasteiger partial charge in [-0.3, -0.25) is 9.69 Å². The van der Waals surface area contributed by atoms with E-state index < -0.39 is 5.60 Å². The fraction of sp³-hybridized carbons (Fsp3) is 0.480. The first kappa shape index (κ1) is 24.7. The zero-order chi connectivity index (χ0) is 24.1. The first-order chi connectivity index (χ1) is 16.5. The molecule has 0 bridgehead atoms. The molecule has 4 rings (SSSR count). The van der Waals surface area contributed by atoms with Crippen molar-refractivity contribution in [2.45, 2.75) is 43.7 Å². The van der Waals surface area contributed by atoms with Crippen LogP contribution in [0.2, 0.25) is 0 Å². The Morgan fingerprint density at radius 1 is 1.26 bits per heavy atom. The molecule has 34 heavy (non-hydrogen) atoms. The minimum atomic E-state index is -0.564. The van der Waals surface area contributed by atoms with Gasteiger partial charge in [0.2, 0.25) is 5.88 Å². The molecule has 0 N–H and O–H groups in total. The highest BCUT2D eigenvalue weighted by Gasteiger charge is 2.38. The number of halogens is 1. The largest absolute Gasteiger partial charge is 0.481 e. The lowest BCUT2D eigenvalue weighted by molar-refractivity contribution is -0.147. The average Bonchev–Trinajstić information content (AvgIpc) is 3.71. The Labute approximate surface area is 214 Å². The molecular weight excluding hydrogens is 549 g/mol. The number of likely N-dealkylation sites (N-methyl/N-ethyl adjacent to an activating group) is 1. The van der Waals surface area contributed by atoms with Crippen LogP contribution >= 0.6 is 23.0 Å². The number of hydrogen-bond donors (Lipinski definition) is 0. The normalized spacial score (nSPS) is 17.6. The highest BCUT2D eigenvalue weighted by atomic mass is 127. The molecule has 0 spiro atoms. The Morgan fingerprint density at radius 2 is 1.97 bits per heavy atom. The van der Waals surface area contributed by atoms with Gasteiger partial charge in [-0.25, -0.2) is 9.78 Å². The molecule has 1 aromatic carbocycles. The van der Waals surface area contributed by atoms with Crippen molar-refractivity contribution < 1.29 is 22.1 Å². The number of hydrogen-bond acceptors (Lipinski definition) is 8. The van der Waals surface area contributed by atoms with Crippen molar-refractivity contribution >= 4 is 41.1 Å². The third kappa shape index (κ3) is 5.80. The highest BCUT2D eigenvalue weighted by Crippen LogP contribution is 2.41. The predicted molar refractivity (Wildman–Crippen MR) is 136 cm³/mol. The Bertz CT molecular complexity index is 1000. The second-order valence-corrected chi connectivity index (χ2v) is 9.59. The number of nitrogens with zero attached hydrogens (tertiary/aromatic N) is 3. The Hall–Kier alpha value is -2.40. The van der Waals surface area contributed by atoms with Crippen LogP contribution in [0.4, 0.5) is 5.69 Å². The number of likely N-dealkylation sites (tertiary alicyclic amines) is 1. The minimum Gasteiger partial charge on any atom is -0.481 e. The van der Waals surface area contributed by atoms with Gasteiger partial charge in [0.05, 0.1) is 19.2 Å². The van der Waals surface area contributed by atoms with E-state index >= 15 is 0 Å². The quantitative estimate of drug-likeness (QED) is 0.308. The smallest absolute Gasteiger partial charge is 0.347 e. The zero-order valence-corrected chi connectivity index (χ0v) is 21.7. The second-order valence-electron chi connectivity index (χ2n) is 9.15. The van der Waals surface area contributed by atoms with Crippen molar-refractivity contribution in [3.05, 3.63) is 53.2 Å². The maximum absolute atomic E-state index is 11.7. The van der Waals surface area contributed by atoms with Crippen LogP contribution in [0.3, 0.4) is 0 Å². The topological polar surface area (TPSA) is 81.2 Å². The number of benzene rings is 1. The average molecular weight is 579 g/mol. The number of methoxy groups -OCH3 is 1. The predicted octanol–water partition coefficient (Wildman–Crippen LogP) is 4.12. The lowest BCUT2D eigenvalue weighted by Crippen LogP contribution is -2.51. The molecule has 1 aliphatic carbocycles. The Morgan fingerprint density at radius 3 is 2.56 bits per heavy atom. The van der Waals surface area contributed by atoms with E-state index in [1.807, 2.05) is 25.4 Å². The zero-order valence-electron chi connectivity index (χ0n) is 19.5. The molecule has 0 radical (unpaired) electrons. The third-order valence-corrected chi connectivity index (χ3v) is 7.19. The van der Waals surface area contributed by atoms with Gasteiger partial charge in [-0.15, -0.1) is 0 Å². The van der Waals surface area contributed by atoms with E-state index in [1.54, 1.807) is 42.2 Å². The first-order valence-electron chi connectivity index (χ1n) is 11.5. The van der Waals surface area contributed by atoms with Gasteiger partial charge in [0, 0.05) is 57.0 Å². The van der Waals surface area contributed by atoms with Crippen molar-refractivity contribution in [2.75, 3.05) is 38.7 Å². The maximum atomic E-state index is 11.7. The first-order valence-corrected chi connectivity index (χ1v) is 12.4. The summed E-state index contributed by atoms with van der Waals surface area (Å²) < 4.78 is 15.9. The summed E-state index contributed by atoms with van der Waals surface area (Å²) in [6, 6.07) is 9.45. The SMILES string of the molecule is COc1ncc(C2CC2)cc1CN1CCC(CN(C)c2ccc(C(=O)OI)cc2)(OC=O)CC1. The molecule has 2 heterocycles. The lowest BCUT2D eigenvalue weighted by atomic mass is 9.90. The number of ether oxygens (including phenoxy) is 2. The van der Waals surface area contributed by atoms with Gasteiger partial charge in [0.25, 0.3) is 6.47 Å². The number of anilines is 1. The third-order valence-electron chi connectivity index (χ3n) is 6.79. The molecule has 1 aromatic heterocycles. The van der Waals surface area contributed by atoms with E-state index in [9.17, 15) is 9.59 Å². The highest BCUT2D eigenvalue weighted by molar-refractivity contribution is 14.1. The maximum Gasteiger partial charge on any atom is 0.347 e. The summed E-state index contributed by atoms with van der Waals surface area (Å²) in [5.74, 6) is 0.946. The summed E-state index contributed by atoms with van der Waals surface area (Å²) in [5.41, 5.74) is 3.28. The number of piperidine rings is 1. The van der Waals surface area contributed by atoms with Crippen LogP contribution in [0.25, 0.3) is 0 Å². The standard InChI is InChI=1S/C25H30IN3O5/c1-28(22-7-5-19(6-8-22)24(31)34-26)16-25(33-17-30)9-11-29(12-10-25)15-21-13-20(18-3-4-18)14-27-23(21)32-2/h5-8,13-14,17-18H,3-4,9-12,15-16H2,1-2H3. The monoisotopic (exact) mass is 579 g/mol. The fourth-order valence-corrected chi connectivity index (χ4v) is 4.90. The molecule has 0 unspecified atom stereocenters. The molecule has 1 saturated heterocycles. The molecule has 182 valence electrons. The van der Waals surface area contributed by atoms with Crippen LogP contribution in [-0.4, -0.2) is 61.7 Å². The van der Waals surface area contributed by atoms with Gasteiger partial charge in [-0.05, 0) is 54.7 Å². The lowest BCUT2D eigenvalue weighted by Gasteiger charge is -2.42. The fourth-order valence-electron chi connectivity index (χ4n) is 4.65. The summed E-state index contributed by atoms with van der Waals surface area (Å²) in [4.78, 5) is 32.0. The van der Waals surface area contributed by atoms with Gasteiger partial charge < -0.3 is 17.4 Å². The molecular formula is C25H30IN3O5. The molecule has 8 nitrogen and oxygen atoms in total. The van der Waals surface area contributed by atoms with Crippen LogP contribution in [0.5, 0.6) is 5.88 Å². The summed E-state index contributed by atoms with van der Waals surface area (Å²) >= 11 is 1.58. The molecule has 0 amide bonds. The Balaban J connectivity index is 1.39. The van der Waals surface area contributed by atoms with Crippen LogP contribution in [0.15, 0.2) is 36.5 Å². The van der Waals surface area contributed by atoms with Gasteiger partial charge in [0.15, 0.2) is 23.0 Å². The van der Waals surface area contributed by atoms with Gasteiger partial charge in [0.1, 0.15) is 5.60 Å². The van der Waals surface area contributed by atoms with Gasteiger partial charge >= 0.3 is 5.97 Å². The summed E-state index contributed by atoms with van der Waals surface area (Å²) in [7, 11) is 3.63. The minimum absolute atomic E-state index is 0.377. The van der Waals surface area contributed by atoms with Crippen LogP contribution in [0, 0.1) is 0 Å². The molecule has 0 atom stereocenters. The van der Waals surface area contributed by atoms with E-state index in [0.717, 1.165) is 43.7 Å². The van der Waals surface area contributed by atoms with E-state index in [4.69, 9.17) is 12.5 Å². The molecule has 1 saturated carbocycles. The van der Waals surface area contributed by atoms with Crippen LogP contribution in [-0.2, 0) is 19.1 Å². The summed E-state index contributed by atoms with van der Waals surface area (Å²) in [6.45, 7) is 3.50. The van der Waals surface area contributed by atoms with E-state index in [1.165, 1.54) is 18.4 Å². The molecule has 2 aromatic rings. The number of rotatable bonds is 10.